The lowest BCUT2D eigenvalue weighted by molar-refractivity contribution is -0.126. The third kappa shape index (κ3) is 4.41. The summed E-state index contributed by atoms with van der Waals surface area (Å²) in [6.45, 7) is 3.54. The first-order valence-corrected chi connectivity index (χ1v) is 11.2. The SMILES string of the molecule is O=C(NCC1(c2ccc(F)cc2)CCCC1)[C@H]1CCCN(C(=O)N2CCCC2)C1. The van der Waals surface area contributed by atoms with Gasteiger partial charge in [0.25, 0.3) is 0 Å². The maximum atomic E-state index is 13.4. The molecule has 2 heterocycles. The van der Waals surface area contributed by atoms with Crippen LogP contribution in [-0.2, 0) is 10.2 Å². The molecule has 0 unspecified atom stereocenters. The standard InChI is InChI=1S/C23H32FN3O2/c24-20-9-7-19(8-10-20)23(11-1-2-12-23)17-25-21(28)18-6-5-15-27(16-18)22(29)26-13-3-4-14-26/h7-10,18H,1-6,11-17H2,(H,25,28)/t18-/m0/s1. The van der Waals surface area contributed by atoms with Crippen LogP contribution in [0.5, 0.6) is 0 Å². The second-order valence-corrected chi connectivity index (χ2v) is 8.97. The molecule has 6 heteroatoms. The molecule has 4 rings (SSSR count). The number of piperidine rings is 1. The van der Waals surface area contributed by atoms with E-state index in [1.165, 1.54) is 12.1 Å². The summed E-state index contributed by atoms with van der Waals surface area (Å²) in [6, 6.07) is 6.85. The van der Waals surface area contributed by atoms with Gasteiger partial charge in [0.2, 0.25) is 5.91 Å². The average molecular weight is 402 g/mol. The Kier molecular flexibility index (Phi) is 6.07. The topological polar surface area (TPSA) is 52.7 Å². The van der Waals surface area contributed by atoms with Crippen molar-refractivity contribution < 1.29 is 14.0 Å². The first kappa shape index (κ1) is 20.2. The highest BCUT2D eigenvalue weighted by molar-refractivity contribution is 5.81. The smallest absolute Gasteiger partial charge is 0.320 e. The van der Waals surface area contributed by atoms with Gasteiger partial charge < -0.3 is 15.1 Å². The number of urea groups is 1. The molecule has 2 aliphatic heterocycles. The third-order valence-electron chi connectivity index (χ3n) is 7.06. The highest BCUT2D eigenvalue weighted by atomic mass is 19.1. The Labute approximate surface area is 172 Å². The number of likely N-dealkylation sites (tertiary alicyclic amines) is 2. The van der Waals surface area contributed by atoms with E-state index in [2.05, 4.69) is 5.32 Å². The molecular weight excluding hydrogens is 369 g/mol. The summed E-state index contributed by atoms with van der Waals surface area (Å²) in [5.74, 6) is -0.310. The molecule has 3 fully saturated rings. The summed E-state index contributed by atoms with van der Waals surface area (Å²) in [5, 5.41) is 3.19. The minimum absolute atomic E-state index is 0.0531. The molecule has 0 aromatic heterocycles. The minimum atomic E-state index is -0.226. The summed E-state index contributed by atoms with van der Waals surface area (Å²) in [7, 11) is 0. The van der Waals surface area contributed by atoms with Crippen LogP contribution in [0.3, 0.4) is 0 Å². The number of carbonyl (C=O) groups excluding carboxylic acids is 2. The Morgan fingerprint density at radius 3 is 2.31 bits per heavy atom. The molecule has 0 bridgehead atoms. The van der Waals surface area contributed by atoms with Crippen molar-refractivity contribution in [3.63, 3.8) is 0 Å². The van der Waals surface area contributed by atoms with E-state index in [-0.39, 0.29) is 29.1 Å². The molecule has 1 aromatic rings. The molecule has 0 radical (unpaired) electrons. The van der Waals surface area contributed by atoms with E-state index in [4.69, 9.17) is 0 Å². The number of halogens is 1. The lowest BCUT2D eigenvalue weighted by Crippen LogP contribution is -2.50. The van der Waals surface area contributed by atoms with Crippen molar-refractivity contribution in [1.82, 2.24) is 15.1 Å². The minimum Gasteiger partial charge on any atom is -0.355 e. The molecule has 5 nitrogen and oxygen atoms in total. The molecule has 158 valence electrons. The third-order valence-corrected chi connectivity index (χ3v) is 7.06. The van der Waals surface area contributed by atoms with Gasteiger partial charge in [-0.3, -0.25) is 4.79 Å². The lowest BCUT2D eigenvalue weighted by Gasteiger charge is -2.35. The number of hydrogen-bond acceptors (Lipinski definition) is 2. The fourth-order valence-electron chi connectivity index (χ4n) is 5.30. The van der Waals surface area contributed by atoms with Gasteiger partial charge in [-0.1, -0.05) is 25.0 Å². The molecule has 1 aromatic carbocycles. The van der Waals surface area contributed by atoms with Crippen LogP contribution < -0.4 is 5.32 Å². The number of nitrogens with one attached hydrogen (secondary N) is 1. The second-order valence-electron chi connectivity index (χ2n) is 8.97. The summed E-state index contributed by atoms with van der Waals surface area (Å²) in [6.07, 6.45) is 8.17. The zero-order valence-corrected chi connectivity index (χ0v) is 17.2. The lowest BCUT2D eigenvalue weighted by atomic mass is 9.78. The number of benzene rings is 1. The fourth-order valence-corrected chi connectivity index (χ4v) is 5.30. The largest absolute Gasteiger partial charge is 0.355 e. The number of nitrogens with zero attached hydrogens (tertiary/aromatic N) is 2. The molecule has 0 spiro atoms. The first-order chi connectivity index (χ1) is 14.1. The molecular formula is C23H32FN3O2. The van der Waals surface area contributed by atoms with E-state index in [0.717, 1.165) is 76.6 Å². The van der Waals surface area contributed by atoms with E-state index in [9.17, 15) is 14.0 Å². The average Bonchev–Trinajstić information content (AvgIpc) is 3.45. The summed E-state index contributed by atoms with van der Waals surface area (Å²) in [5.41, 5.74) is 1.02. The highest BCUT2D eigenvalue weighted by Gasteiger charge is 2.37. The van der Waals surface area contributed by atoms with Crippen LogP contribution in [-0.4, -0.2) is 54.5 Å². The predicted molar refractivity (Wildman–Crippen MR) is 110 cm³/mol. The second kappa shape index (κ2) is 8.72. The van der Waals surface area contributed by atoms with Crippen molar-refractivity contribution in [2.24, 2.45) is 5.92 Å². The van der Waals surface area contributed by atoms with Crippen molar-refractivity contribution >= 4 is 11.9 Å². The number of hydrogen-bond donors (Lipinski definition) is 1. The van der Waals surface area contributed by atoms with Gasteiger partial charge in [-0.05, 0) is 56.2 Å². The van der Waals surface area contributed by atoms with E-state index in [1.807, 2.05) is 21.9 Å². The molecule has 3 amide bonds. The van der Waals surface area contributed by atoms with Gasteiger partial charge in [-0.15, -0.1) is 0 Å². The van der Waals surface area contributed by atoms with E-state index >= 15 is 0 Å². The normalized spacial score (nSPS) is 24.0. The van der Waals surface area contributed by atoms with Crippen LogP contribution in [0.1, 0.15) is 56.9 Å². The van der Waals surface area contributed by atoms with E-state index in [0.29, 0.717) is 13.1 Å². The molecule has 1 saturated carbocycles. The van der Waals surface area contributed by atoms with Crippen molar-refractivity contribution in [2.75, 3.05) is 32.7 Å². The van der Waals surface area contributed by atoms with Crippen LogP contribution in [0.25, 0.3) is 0 Å². The summed E-state index contributed by atoms with van der Waals surface area (Å²) in [4.78, 5) is 29.4. The van der Waals surface area contributed by atoms with Gasteiger partial charge in [-0.2, -0.15) is 0 Å². The van der Waals surface area contributed by atoms with Gasteiger partial charge in [0.15, 0.2) is 0 Å². The molecule has 1 atom stereocenters. The molecule has 1 aliphatic carbocycles. The van der Waals surface area contributed by atoms with Crippen molar-refractivity contribution in [2.45, 2.75) is 56.8 Å². The quantitative estimate of drug-likeness (QED) is 0.837. The maximum Gasteiger partial charge on any atom is 0.320 e. The Hall–Kier alpha value is -2.11. The first-order valence-electron chi connectivity index (χ1n) is 11.2. The van der Waals surface area contributed by atoms with Gasteiger partial charge in [-0.25, -0.2) is 9.18 Å². The number of amides is 3. The van der Waals surface area contributed by atoms with Gasteiger partial charge in [0.05, 0.1) is 5.92 Å². The Morgan fingerprint density at radius 1 is 0.966 bits per heavy atom. The van der Waals surface area contributed by atoms with Crippen molar-refractivity contribution in [3.05, 3.63) is 35.6 Å². The summed E-state index contributed by atoms with van der Waals surface area (Å²) >= 11 is 0. The molecule has 2 saturated heterocycles. The van der Waals surface area contributed by atoms with E-state index in [1.54, 1.807) is 0 Å². The van der Waals surface area contributed by atoms with Crippen molar-refractivity contribution in [3.8, 4) is 0 Å². The fraction of sp³-hybridized carbons (Fsp3) is 0.652. The predicted octanol–water partition coefficient (Wildman–Crippen LogP) is 3.68. The van der Waals surface area contributed by atoms with Crippen molar-refractivity contribution in [1.29, 1.82) is 0 Å². The zero-order valence-electron chi connectivity index (χ0n) is 17.2. The van der Waals surface area contributed by atoms with Crippen LogP contribution in [0.2, 0.25) is 0 Å². The monoisotopic (exact) mass is 401 g/mol. The summed E-state index contributed by atoms with van der Waals surface area (Å²) < 4.78 is 13.4. The Bertz CT molecular complexity index is 724. The highest BCUT2D eigenvalue weighted by Crippen LogP contribution is 2.40. The zero-order chi connectivity index (χ0) is 20.3. The molecule has 29 heavy (non-hydrogen) atoms. The van der Waals surface area contributed by atoms with Gasteiger partial charge in [0.1, 0.15) is 5.82 Å². The molecule has 3 aliphatic rings. The molecule has 1 N–H and O–H groups in total. The maximum absolute atomic E-state index is 13.4. The van der Waals surface area contributed by atoms with Gasteiger partial charge in [0, 0.05) is 38.1 Å². The van der Waals surface area contributed by atoms with Gasteiger partial charge >= 0.3 is 6.03 Å². The van der Waals surface area contributed by atoms with Crippen LogP contribution in [0.15, 0.2) is 24.3 Å². The van der Waals surface area contributed by atoms with Crippen LogP contribution in [0, 0.1) is 11.7 Å². The van der Waals surface area contributed by atoms with Crippen LogP contribution in [0.4, 0.5) is 9.18 Å². The Morgan fingerprint density at radius 2 is 1.62 bits per heavy atom. The Balaban J connectivity index is 1.36. The van der Waals surface area contributed by atoms with Crippen LogP contribution >= 0.6 is 0 Å². The number of rotatable bonds is 4. The van der Waals surface area contributed by atoms with E-state index < -0.39 is 0 Å². The number of carbonyl (C=O) groups is 2.